The Morgan fingerprint density at radius 1 is 0.610 bits per heavy atom. The third-order valence-corrected chi connectivity index (χ3v) is 14.5. The molecule has 4 amide bonds. The molecule has 77 heavy (non-hydrogen) atoms. The SMILES string of the molecule is C[C@H](NC(=O)c1cn(C)c2ccc(-c3ccn4nc(NC(=O)C5CC5COc5ccc([C@H](C)NC(=O)c6cn(C)c7ccc(-c8ccn9nc(NC(=O)C%10CC%10)nc9c8)cc67)cc5F)nc4c3)cc12)c1ccc(F)c(F)c1. The number of carbonyl (C=O) groups is 4. The van der Waals surface area contributed by atoms with Crippen LogP contribution in [-0.2, 0) is 23.7 Å². The molecule has 12 rings (SSSR count). The zero-order valence-electron chi connectivity index (χ0n) is 42.0. The molecular formula is C57H49F3N12O5. The molecule has 17 nitrogen and oxygen atoms in total. The van der Waals surface area contributed by atoms with Crippen LogP contribution in [0.15, 0.2) is 122 Å². The fraction of sp³-hybridized carbons (Fsp3) is 0.228. The Kier molecular flexibility index (Phi) is 12.1. The van der Waals surface area contributed by atoms with E-state index in [0.29, 0.717) is 45.4 Å². The molecule has 2 fully saturated rings. The largest absolute Gasteiger partial charge is 0.490 e. The van der Waals surface area contributed by atoms with E-state index >= 15 is 4.39 Å². The molecule has 0 aliphatic heterocycles. The van der Waals surface area contributed by atoms with E-state index in [4.69, 9.17) is 4.74 Å². The summed E-state index contributed by atoms with van der Waals surface area (Å²) in [7, 11) is 3.70. The van der Waals surface area contributed by atoms with E-state index in [0.717, 1.165) is 63.6 Å². The lowest BCUT2D eigenvalue weighted by atomic mass is 10.0. The summed E-state index contributed by atoms with van der Waals surface area (Å²) in [6.07, 6.45) is 9.28. The number of halogens is 3. The van der Waals surface area contributed by atoms with Gasteiger partial charge in [-0.2, -0.15) is 9.97 Å². The molecule has 4 aromatic carbocycles. The van der Waals surface area contributed by atoms with E-state index in [1.54, 1.807) is 53.7 Å². The molecule has 0 saturated heterocycles. The van der Waals surface area contributed by atoms with Gasteiger partial charge in [0.15, 0.2) is 34.5 Å². The van der Waals surface area contributed by atoms with Gasteiger partial charge in [0.05, 0.1) is 29.8 Å². The zero-order valence-corrected chi connectivity index (χ0v) is 42.0. The van der Waals surface area contributed by atoms with Crippen LogP contribution in [0, 0.1) is 35.2 Å². The highest BCUT2D eigenvalue weighted by Gasteiger charge is 2.44. The van der Waals surface area contributed by atoms with Gasteiger partial charge >= 0.3 is 0 Å². The van der Waals surface area contributed by atoms with E-state index in [1.165, 1.54) is 18.2 Å². The van der Waals surface area contributed by atoms with Crippen LogP contribution in [0.3, 0.4) is 0 Å². The van der Waals surface area contributed by atoms with Crippen molar-refractivity contribution in [3.63, 3.8) is 0 Å². The Bertz CT molecular complexity index is 4060. The Hall–Kier alpha value is -9.33. The standard InChI is InChI=1S/C57H49F3N12O5/c1-29(32-7-11-44(58)45(59)22-32)61-54(75)42-26-69(3)47-13-9-35(20-40(42)47)37-16-18-72-51(25-37)64-57(68-72)66-53(74)39-21-38(39)28-77-49-14-10-33(23-46(49)60)30(2)62-55(76)43-27-70(4)48-12-8-34(19-41(43)48)36-15-17-71-50(24-36)63-56(67-71)65-52(73)31-5-6-31/h7-20,22-27,29-31,38-39H,5-6,21,28H2,1-4H3,(H,61,75)(H,62,76)(H,65,67,73)(H,66,68,74)/t29-,30-,38?,39?/m0/s1. The first kappa shape index (κ1) is 48.6. The summed E-state index contributed by atoms with van der Waals surface area (Å²) in [5.41, 5.74) is 7.84. The van der Waals surface area contributed by atoms with E-state index in [-0.39, 0.29) is 65.6 Å². The summed E-state index contributed by atoms with van der Waals surface area (Å²) in [5, 5.41) is 21.7. The highest BCUT2D eigenvalue weighted by molar-refractivity contribution is 6.09. The van der Waals surface area contributed by atoms with Gasteiger partial charge < -0.3 is 24.5 Å². The monoisotopic (exact) mass is 1040 g/mol. The van der Waals surface area contributed by atoms with Crippen molar-refractivity contribution in [1.29, 1.82) is 0 Å². The second kappa shape index (κ2) is 19.1. The van der Waals surface area contributed by atoms with Gasteiger partial charge in [0, 0.05) is 78.4 Å². The molecule has 6 heterocycles. The molecule has 20 heteroatoms. The number of aryl methyl sites for hydroxylation is 2. The molecule has 2 aliphatic carbocycles. The minimum absolute atomic E-state index is 0.0261. The van der Waals surface area contributed by atoms with Gasteiger partial charge in [-0.3, -0.25) is 29.8 Å². The molecule has 0 bridgehead atoms. The quantitative estimate of drug-likeness (QED) is 0.0773. The summed E-state index contributed by atoms with van der Waals surface area (Å²) < 4.78 is 55.8. The lowest BCUT2D eigenvalue weighted by Crippen LogP contribution is -2.26. The van der Waals surface area contributed by atoms with Crippen molar-refractivity contribution >= 4 is 68.6 Å². The molecule has 6 aromatic heterocycles. The number of hydrogen-bond acceptors (Lipinski definition) is 9. The average Bonchev–Trinajstić information content (AvgIpc) is 4.31. The fourth-order valence-corrected chi connectivity index (χ4v) is 9.84. The van der Waals surface area contributed by atoms with E-state index < -0.39 is 29.5 Å². The van der Waals surface area contributed by atoms with Crippen molar-refractivity contribution in [1.82, 2.24) is 49.0 Å². The number of nitrogens with one attached hydrogen (secondary N) is 4. The predicted octanol–water partition coefficient (Wildman–Crippen LogP) is 9.49. The Labute approximate surface area is 437 Å². The summed E-state index contributed by atoms with van der Waals surface area (Å²) in [6, 6.07) is 26.0. The van der Waals surface area contributed by atoms with Gasteiger partial charge in [-0.1, -0.05) is 24.3 Å². The average molecular weight is 1040 g/mol. The molecule has 2 unspecified atom stereocenters. The van der Waals surface area contributed by atoms with Crippen LogP contribution >= 0.6 is 0 Å². The van der Waals surface area contributed by atoms with Crippen LogP contribution in [-0.4, -0.2) is 68.6 Å². The number of hydrogen-bond donors (Lipinski definition) is 4. The Balaban J connectivity index is 0.650. The van der Waals surface area contributed by atoms with Crippen molar-refractivity contribution in [3.05, 3.63) is 162 Å². The molecule has 4 atom stereocenters. The molecule has 0 radical (unpaired) electrons. The minimum Gasteiger partial charge on any atom is -0.490 e. The Morgan fingerprint density at radius 3 is 1.64 bits per heavy atom. The van der Waals surface area contributed by atoms with E-state index in [9.17, 15) is 28.0 Å². The molecule has 2 aliphatic rings. The molecule has 0 spiro atoms. The van der Waals surface area contributed by atoms with Gasteiger partial charge in [-0.25, -0.2) is 22.2 Å². The van der Waals surface area contributed by atoms with Crippen molar-refractivity contribution in [3.8, 4) is 28.0 Å². The van der Waals surface area contributed by atoms with Gasteiger partial charge in [0.2, 0.25) is 23.7 Å². The maximum absolute atomic E-state index is 15.6. The maximum Gasteiger partial charge on any atom is 0.253 e. The zero-order chi connectivity index (χ0) is 53.4. The number of nitrogens with zero attached hydrogens (tertiary/aromatic N) is 8. The van der Waals surface area contributed by atoms with Gasteiger partial charge in [0.25, 0.3) is 11.8 Å². The van der Waals surface area contributed by atoms with E-state index in [1.807, 2.05) is 83.9 Å². The van der Waals surface area contributed by atoms with Crippen molar-refractivity contribution in [2.24, 2.45) is 31.8 Å². The van der Waals surface area contributed by atoms with Crippen LogP contribution in [0.5, 0.6) is 5.75 Å². The number of aromatic nitrogens is 8. The van der Waals surface area contributed by atoms with E-state index in [2.05, 4.69) is 41.4 Å². The Morgan fingerprint density at radius 2 is 1.12 bits per heavy atom. The lowest BCUT2D eigenvalue weighted by Gasteiger charge is -2.16. The maximum atomic E-state index is 15.6. The second-order valence-corrected chi connectivity index (χ2v) is 20.0. The molecule has 2 saturated carbocycles. The van der Waals surface area contributed by atoms with Crippen LogP contribution in [0.4, 0.5) is 25.1 Å². The topological polar surface area (TPSA) is 196 Å². The highest BCUT2D eigenvalue weighted by Crippen LogP contribution is 2.40. The summed E-state index contributed by atoms with van der Waals surface area (Å²) >= 11 is 0. The smallest absolute Gasteiger partial charge is 0.253 e. The van der Waals surface area contributed by atoms with Crippen LogP contribution in [0.1, 0.15) is 77.0 Å². The first-order chi connectivity index (χ1) is 37.1. The molecule has 10 aromatic rings. The summed E-state index contributed by atoms with van der Waals surface area (Å²) in [4.78, 5) is 62.0. The number of rotatable bonds is 15. The number of carbonyl (C=O) groups excluding carboxylic acids is 4. The number of fused-ring (bicyclic) bond motifs is 4. The predicted molar refractivity (Wildman–Crippen MR) is 281 cm³/mol. The summed E-state index contributed by atoms with van der Waals surface area (Å²) in [6.45, 7) is 3.59. The number of pyridine rings is 2. The molecule has 388 valence electrons. The minimum atomic E-state index is -0.990. The first-order valence-corrected chi connectivity index (χ1v) is 25.1. The number of benzene rings is 4. The van der Waals surface area contributed by atoms with Crippen LogP contribution in [0.25, 0.3) is 55.4 Å². The first-order valence-electron chi connectivity index (χ1n) is 25.1. The normalized spacial score (nSPS) is 15.9. The van der Waals surface area contributed by atoms with Crippen LogP contribution < -0.4 is 26.0 Å². The second-order valence-electron chi connectivity index (χ2n) is 20.0. The fourth-order valence-electron chi connectivity index (χ4n) is 9.84. The van der Waals surface area contributed by atoms with Crippen molar-refractivity contribution in [2.45, 2.75) is 45.2 Å². The van der Waals surface area contributed by atoms with Crippen molar-refractivity contribution in [2.75, 3.05) is 17.2 Å². The van der Waals surface area contributed by atoms with Crippen LogP contribution in [0.2, 0.25) is 0 Å². The third kappa shape index (κ3) is 9.57. The third-order valence-electron chi connectivity index (χ3n) is 14.5. The number of amides is 4. The lowest BCUT2D eigenvalue weighted by molar-refractivity contribution is -0.118. The molecular weight excluding hydrogens is 990 g/mol. The van der Waals surface area contributed by atoms with Crippen molar-refractivity contribution < 1.29 is 37.1 Å². The number of ether oxygens (including phenoxy) is 1. The molecule has 4 N–H and O–H groups in total. The van der Waals surface area contributed by atoms with Gasteiger partial charge in [0.1, 0.15) is 0 Å². The van der Waals surface area contributed by atoms with Gasteiger partial charge in [-0.05, 0) is 139 Å². The highest BCUT2D eigenvalue weighted by atomic mass is 19.2. The summed E-state index contributed by atoms with van der Waals surface area (Å²) in [5.74, 6) is -3.73. The van der Waals surface area contributed by atoms with Gasteiger partial charge in [-0.15, -0.1) is 10.2 Å². The number of anilines is 2.